The number of aryl methyl sites for hydroxylation is 1. The average Bonchev–Trinajstić information content (AvgIpc) is 3.13. The summed E-state index contributed by atoms with van der Waals surface area (Å²) in [4.78, 5) is -0.660. The largest absolute Gasteiger partial charge is 0.417 e. The number of piperidine rings is 1. The minimum absolute atomic E-state index is 0.220. The van der Waals surface area contributed by atoms with Crippen LogP contribution >= 0.6 is 0 Å². The minimum Gasteiger partial charge on any atom is -0.207 e. The van der Waals surface area contributed by atoms with Crippen LogP contribution in [0.1, 0.15) is 35.1 Å². The summed E-state index contributed by atoms with van der Waals surface area (Å²) in [6.45, 7) is 2.53. The van der Waals surface area contributed by atoms with Crippen LogP contribution in [0.5, 0.6) is 0 Å². The third-order valence-corrected chi connectivity index (χ3v) is 7.91. The molecule has 2 aromatic carbocycles. The zero-order valence-electron chi connectivity index (χ0n) is 16.0. The molecule has 7 heteroatoms. The van der Waals surface area contributed by atoms with Gasteiger partial charge in [-0.05, 0) is 66.5 Å². The summed E-state index contributed by atoms with van der Waals surface area (Å²) in [7, 11) is -4.20. The van der Waals surface area contributed by atoms with Gasteiger partial charge in [0.1, 0.15) is 0 Å². The number of nitrogens with zero attached hydrogens (tertiary/aromatic N) is 1. The molecule has 154 valence electrons. The predicted molar refractivity (Wildman–Crippen MR) is 106 cm³/mol. The maximum atomic E-state index is 13.3. The summed E-state index contributed by atoms with van der Waals surface area (Å²) in [5.41, 5.74) is 3.93. The topological polar surface area (TPSA) is 37.4 Å². The third-order valence-electron chi connectivity index (χ3n) is 5.95. The van der Waals surface area contributed by atoms with Crippen LogP contribution < -0.4 is 0 Å². The van der Waals surface area contributed by atoms with Crippen molar-refractivity contribution in [3.8, 4) is 0 Å². The molecule has 2 aliphatic rings. The van der Waals surface area contributed by atoms with Crippen molar-refractivity contribution < 1.29 is 21.6 Å². The Bertz CT molecular complexity index is 1070. The number of sulfonamides is 1. The summed E-state index contributed by atoms with van der Waals surface area (Å²) < 4.78 is 67.0. The second-order valence-electron chi connectivity index (χ2n) is 7.64. The predicted octanol–water partition coefficient (Wildman–Crippen LogP) is 5.05. The van der Waals surface area contributed by atoms with E-state index in [0.29, 0.717) is 12.8 Å². The van der Waals surface area contributed by atoms with E-state index in [4.69, 9.17) is 0 Å². The van der Waals surface area contributed by atoms with Crippen LogP contribution in [0.3, 0.4) is 0 Å². The molecule has 0 amide bonds. The molecule has 29 heavy (non-hydrogen) atoms. The lowest BCUT2D eigenvalue weighted by Crippen LogP contribution is -2.39. The van der Waals surface area contributed by atoms with Gasteiger partial charge in [-0.15, -0.1) is 0 Å². The van der Waals surface area contributed by atoms with E-state index in [1.165, 1.54) is 38.7 Å². The van der Waals surface area contributed by atoms with Crippen LogP contribution in [0.15, 0.2) is 53.4 Å². The highest BCUT2D eigenvalue weighted by Crippen LogP contribution is 2.41. The molecule has 0 aromatic heterocycles. The Morgan fingerprint density at radius 1 is 1.00 bits per heavy atom. The van der Waals surface area contributed by atoms with Crippen molar-refractivity contribution in [1.82, 2.24) is 4.31 Å². The first kappa shape index (κ1) is 20.2. The van der Waals surface area contributed by atoms with Gasteiger partial charge in [-0.2, -0.15) is 17.5 Å². The Balaban J connectivity index is 1.54. The van der Waals surface area contributed by atoms with Crippen molar-refractivity contribution in [3.05, 3.63) is 70.8 Å². The van der Waals surface area contributed by atoms with Crippen molar-refractivity contribution in [3.63, 3.8) is 0 Å². The van der Waals surface area contributed by atoms with Crippen LogP contribution in [0.4, 0.5) is 13.2 Å². The van der Waals surface area contributed by atoms with Crippen LogP contribution in [0, 0.1) is 12.8 Å². The van der Waals surface area contributed by atoms with Crippen LogP contribution in [0.2, 0.25) is 0 Å². The standard InChI is InChI=1S/C22H22F3NO2S/c1-15-5-4-6-19-17(15)9-10-18(19)16-11-13-26(14-12-16)29(27,28)21-8-3-2-7-20(21)22(23,24)25/h2-8,10,16H,9,11-14H2,1H3. The van der Waals surface area contributed by atoms with E-state index < -0.39 is 26.7 Å². The third kappa shape index (κ3) is 3.62. The van der Waals surface area contributed by atoms with E-state index in [1.54, 1.807) is 0 Å². The summed E-state index contributed by atoms with van der Waals surface area (Å²) in [6, 6.07) is 10.6. The maximum absolute atomic E-state index is 13.3. The quantitative estimate of drug-likeness (QED) is 0.695. The Morgan fingerprint density at radius 3 is 2.38 bits per heavy atom. The fourth-order valence-electron chi connectivity index (χ4n) is 4.42. The number of hydrogen-bond acceptors (Lipinski definition) is 2. The molecule has 1 aliphatic carbocycles. The lowest BCUT2D eigenvalue weighted by atomic mass is 9.86. The van der Waals surface area contributed by atoms with E-state index in [2.05, 4.69) is 25.1 Å². The average molecular weight is 421 g/mol. The molecule has 0 bridgehead atoms. The van der Waals surface area contributed by atoms with Gasteiger partial charge in [-0.1, -0.05) is 36.4 Å². The monoisotopic (exact) mass is 421 g/mol. The SMILES string of the molecule is Cc1cccc2c1CC=C2C1CCN(S(=O)(=O)c2ccccc2C(F)(F)F)CC1. The second kappa shape index (κ2) is 7.29. The number of halogens is 3. The van der Waals surface area contributed by atoms with Gasteiger partial charge in [-0.3, -0.25) is 0 Å². The van der Waals surface area contributed by atoms with Gasteiger partial charge >= 0.3 is 6.18 Å². The van der Waals surface area contributed by atoms with Gasteiger partial charge in [0.15, 0.2) is 0 Å². The molecule has 0 N–H and O–H groups in total. The fourth-order valence-corrected chi connectivity index (χ4v) is 6.11. The summed E-state index contributed by atoms with van der Waals surface area (Å²) in [5.74, 6) is 0.224. The van der Waals surface area contributed by atoms with Gasteiger partial charge < -0.3 is 0 Å². The smallest absolute Gasteiger partial charge is 0.207 e. The van der Waals surface area contributed by atoms with Crippen molar-refractivity contribution in [1.29, 1.82) is 0 Å². The normalized spacial score (nSPS) is 18.6. The summed E-state index contributed by atoms with van der Waals surface area (Å²) >= 11 is 0. The zero-order chi connectivity index (χ0) is 20.8. The number of benzene rings is 2. The first-order valence-electron chi connectivity index (χ1n) is 9.65. The molecule has 1 fully saturated rings. The number of hydrogen-bond donors (Lipinski definition) is 0. The Kier molecular flexibility index (Phi) is 5.07. The molecule has 2 aromatic rings. The molecule has 0 unspecified atom stereocenters. The van der Waals surface area contributed by atoms with Gasteiger partial charge in [0.25, 0.3) is 0 Å². The number of rotatable bonds is 3. The Hall–Kier alpha value is -2.12. The molecule has 0 saturated carbocycles. The van der Waals surface area contributed by atoms with E-state index in [-0.39, 0.29) is 19.0 Å². The molecule has 0 radical (unpaired) electrons. The first-order chi connectivity index (χ1) is 13.7. The van der Waals surface area contributed by atoms with Gasteiger partial charge in [-0.25, -0.2) is 8.42 Å². The first-order valence-corrected chi connectivity index (χ1v) is 11.1. The van der Waals surface area contributed by atoms with E-state index in [0.717, 1.165) is 18.6 Å². The van der Waals surface area contributed by atoms with Crippen LogP contribution in [-0.2, 0) is 22.6 Å². The zero-order valence-corrected chi connectivity index (χ0v) is 16.9. The highest BCUT2D eigenvalue weighted by atomic mass is 32.2. The van der Waals surface area contributed by atoms with Gasteiger partial charge in [0.05, 0.1) is 10.5 Å². The van der Waals surface area contributed by atoms with Crippen LogP contribution in [0.25, 0.3) is 5.57 Å². The van der Waals surface area contributed by atoms with E-state index >= 15 is 0 Å². The second-order valence-corrected chi connectivity index (χ2v) is 9.54. The molecule has 3 nitrogen and oxygen atoms in total. The van der Waals surface area contributed by atoms with Crippen molar-refractivity contribution in [2.45, 2.75) is 37.3 Å². The summed E-state index contributed by atoms with van der Waals surface area (Å²) in [5, 5.41) is 0. The molecule has 1 heterocycles. The number of allylic oxidation sites excluding steroid dienone is 2. The van der Waals surface area contributed by atoms with Crippen molar-refractivity contribution >= 4 is 15.6 Å². The molecule has 1 aliphatic heterocycles. The Labute approximate surface area is 168 Å². The van der Waals surface area contributed by atoms with Gasteiger partial charge in [0, 0.05) is 13.1 Å². The van der Waals surface area contributed by atoms with E-state index in [1.807, 2.05) is 6.07 Å². The molecule has 1 saturated heterocycles. The van der Waals surface area contributed by atoms with Gasteiger partial charge in [0.2, 0.25) is 10.0 Å². The molecule has 4 rings (SSSR count). The molecular formula is C22H22F3NO2S. The van der Waals surface area contributed by atoms with Crippen molar-refractivity contribution in [2.75, 3.05) is 13.1 Å². The molecular weight excluding hydrogens is 399 g/mol. The summed E-state index contributed by atoms with van der Waals surface area (Å²) in [6.07, 6.45) is -0.405. The highest BCUT2D eigenvalue weighted by Gasteiger charge is 2.40. The fraction of sp³-hybridized carbons (Fsp3) is 0.364. The maximum Gasteiger partial charge on any atom is 0.417 e. The molecule has 0 spiro atoms. The lowest BCUT2D eigenvalue weighted by Gasteiger charge is -2.32. The molecule has 0 atom stereocenters. The van der Waals surface area contributed by atoms with Crippen LogP contribution in [-0.4, -0.2) is 25.8 Å². The number of alkyl halides is 3. The highest BCUT2D eigenvalue weighted by molar-refractivity contribution is 7.89. The van der Waals surface area contributed by atoms with E-state index in [9.17, 15) is 21.6 Å². The Morgan fingerprint density at radius 2 is 1.69 bits per heavy atom. The minimum atomic E-state index is -4.71. The van der Waals surface area contributed by atoms with Crippen molar-refractivity contribution in [2.24, 2.45) is 5.92 Å². The lowest BCUT2D eigenvalue weighted by molar-refractivity contribution is -0.139. The number of fused-ring (bicyclic) bond motifs is 1.